The summed E-state index contributed by atoms with van der Waals surface area (Å²) in [4.78, 5) is 11.4. The number of aliphatic hydroxyl groups is 2. The van der Waals surface area contributed by atoms with Crippen LogP contribution >= 0.6 is 0 Å². The summed E-state index contributed by atoms with van der Waals surface area (Å²) in [5, 5.41) is 19.8. The Morgan fingerprint density at radius 2 is 2.40 bits per heavy atom. The lowest BCUT2D eigenvalue weighted by Gasteiger charge is -2.42. The van der Waals surface area contributed by atoms with Crippen LogP contribution in [0.4, 0.5) is 0 Å². The largest absolute Gasteiger partial charge is 0.471 e. The number of hydrogen-bond donors (Lipinski definition) is 2. The van der Waals surface area contributed by atoms with Gasteiger partial charge in [0, 0.05) is 6.42 Å². The number of cyclic esters (lactones) is 1. The fourth-order valence-corrected chi connectivity index (χ4v) is 1.95. The molecule has 0 saturated carbocycles. The van der Waals surface area contributed by atoms with Gasteiger partial charge in [0.1, 0.15) is 11.2 Å². The van der Waals surface area contributed by atoms with E-state index in [0.717, 1.165) is 6.26 Å². The number of fused-ring (bicyclic) bond motifs is 1. The van der Waals surface area contributed by atoms with Crippen molar-refractivity contribution < 1.29 is 24.5 Å². The van der Waals surface area contributed by atoms with Crippen LogP contribution in [0.15, 0.2) is 24.5 Å². The molecule has 15 heavy (non-hydrogen) atoms. The van der Waals surface area contributed by atoms with E-state index >= 15 is 0 Å². The first-order valence-electron chi connectivity index (χ1n) is 4.66. The maximum atomic E-state index is 11.4. The van der Waals surface area contributed by atoms with Crippen molar-refractivity contribution in [2.24, 2.45) is 5.92 Å². The summed E-state index contributed by atoms with van der Waals surface area (Å²) >= 11 is 0. The van der Waals surface area contributed by atoms with Crippen LogP contribution in [0.2, 0.25) is 0 Å². The molecule has 1 unspecified atom stereocenters. The Kier molecular flexibility index (Phi) is 2.28. The quantitative estimate of drug-likeness (QED) is 0.461. The number of hydrogen-bond acceptors (Lipinski definition) is 5. The van der Waals surface area contributed by atoms with Crippen LogP contribution in [0.3, 0.4) is 0 Å². The van der Waals surface area contributed by atoms with Crippen LogP contribution in [-0.2, 0) is 14.3 Å². The molecule has 2 rings (SSSR count). The minimum atomic E-state index is -1.42. The standard InChI is InChI=1S/C10H12O5/c1-2-6-8(11)15-5-7-9(12)14-4-3-10(6,7)13/h2,5-6,8,11,13H,1,3-4H2/t6-,8?,10+/m0/s1. The highest BCUT2D eigenvalue weighted by molar-refractivity contribution is 5.91. The zero-order valence-corrected chi connectivity index (χ0v) is 8.05. The Morgan fingerprint density at radius 3 is 3.07 bits per heavy atom. The highest BCUT2D eigenvalue weighted by Gasteiger charge is 2.51. The Bertz CT molecular complexity index is 335. The van der Waals surface area contributed by atoms with Crippen molar-refractivity contribution in [2.75, 3.05) is 6.61 Å². The third-order valence-electron chi connectivity index (χ3n) is 2.84. The lowest BCUT2D eigenvalue weighted by atomic mass is 9.76. The van der Waals surface area contributed by atoms with Crippen molar-refractivity contribution in [1.29, 1.82) is 0 Å². The zero-order valence-electron chi connectivity index (χ0n) is 8.05. The fraction of sp³-hybridized carbons (Fsp3) is 0.500. The molecule has 0 aromatic carbocycles. The van der Waals surface area contributed by atoms with Gasteiger partial charge in [-0.15, -0.1) is 6.58 Å². The molecule has 2 aliphatic rings. The monoisotopic (exact) mass is 212 g/mol. The van der Waals surface area contributed by atoms with Gasteiger partial charge in [-0.1, -0.05) is 6.08 Å². The number of carbonyl (C=O) groups is 1. The first kappa shape index (κ1) is 10.2. The van der Waals surface area contributed by atoms with Crippen LogP contribution in [0.1, 0.15) is 6.42 Å². The molecule has 5 nitrogen and oxygen atoms in total. The van der Waals surface area contributed by atoms with Crippen molar-refractivity contribution in [2.45, 2.75) is 18.3 Å². The lowest BCUT2D eigenvalue weighted by Crippen LogP contribution is -2.53. The number of esters is 1. The Hall–Kier alpha value is -1.33. The van der Waals surface area contributed by atoms with Crippen molar-refractivity contribution in [3.8, 4) is 0 Å². The van der Waals surface area contributed by atoms with Crippen LogP contribution in [0.5, 0.6) is 0 Å². The second-order valence-corrected chi connectivity index (χ2v) is 3.63. The summed E-state index contributed by atoms with van der Waals surface area (Å²) in [7, 11) is 0. The van der Waals surface area contributed by atoms with Gasteiger partial charge in [0.15, 0.2) is 0 Å². The van der Waals surface area contributed by atoms with Gasteiger partial charge < -0.3 is 19.7 Å². The van der Waals surface area contributed by atoms with E-state index in [4.69, 9.17) is 9.47 Å². The van der Waals surface area contributed by atoms with E-state index in [-0.39, 0.29) is 18.6 Å². The SMILES string of the molecule is C=C[C@H]1C(O)OC=C2C(=O)OCC[C@]21O. The van der Waals surface area contributed by atoms with Gasteiger partial charge in [-0.3, -0.25) is 0 Å². The molecule has 0 aromatic rings. The molecule has 0 radical (unpaired) electrons. The number of rotatable bonds is 1. The zero-order chi connectivity index (χ0) is 11.1. The Morgan fingerprint density at radius 1 is 1.67 bits per heavy atom. The molecule has 0 aromatic heterocycles. The molecule has 82 valence electrons. The minimum Gasteiger partial charge on any atom is -0.471 e. The molecular formula is C10H12O5. The molecule has 2 N–H and O–H groups in total. The summed E-state index contributed by atoms with van der Waals surface area (Å²) < 4.78 is 9.63. The van der Waals surface area contributed by atoms with Gasteiger partial charge in [0.2, 0.25) is 6.29 Å². The van der Waals surface area contributed by atoms with E-state index in [1.165, 1.54) is 6.08 Å². The molecule has 3 atom stereocenters. The molecule has 1 fully saturated rings. The normalized spacial score (nSPS) is 39.6. The van der Waals surface area contributed by atoms with Gasteiger partial charge in [0.25, 0.3) is 0 Å². The molecule has 5 heteroatoms. The summed E-state index contributed by atoms with van der Waals surface area (Å²) in [5.74, 6) is -1.33. The van der Waals surface area contributed by atoms with E-state index in [1.807, 2.05) is 0 Å². The van der Waals surface area contributed by atoms with E-state index in [9.17, 15) is 15.0 Å². The maximum absolute atomic E-state index is 11.4. The van der Waals surface area contributed by atoms with Gasteiger partial charge in [-0.25, -0.2) is 4.79 Å². The highest BCUT2D eigenvalue weighted by Crippen LogP contribution is 2.39. The van der Waals surface area contributed by atoms with Crippen molar-refractivity contribution in [1.82, 2.24) is 0 Å². The van der Waals surface area contributed by atoms with Gasteiger partial charge >= 0.3 is 5.97 Å². The summed E-state index contributed by atoms with van der Waals surface area (Å²) in [5.41, 5.74) is -1.38. The van der Waals surface area contributed by atoms with Crippen LogP contribution in [-0.4, -0.2) is 34.7 Å². The molecule has 2 heterocycles. The Labute approximate surface area is 86.6 Å². The smallest absolute Gasteiger partial charge is 0.340 e. The first-order valence-corrected chi connectivity index (χ1v) is 4.66. The second-order valence-electron chi connectivity index (χ2n) is 3.63. The van der Waals surface area contributed by atoms with E-state index in [0.29, 0.717) is 0 Å². The van der Waals surface area contributed by atoms with E-state index in [2.05, 4.69) is 6.58 Å². The molecule has 1 saturated heterocycles. The molecule has 0 spiro atoms. The highest BCUT2D eigenvalue weighted by atomic mass is 16.6. The summed E-state index contributed by atoms with van der Waals surface area (Å²) in [6.07, 6.45) is 1.51. The third-order valence-corrected chi connectivity index (χ3v) is 2.84. The second kappa shape index (κ2) is 3.36. The molecule has 0 aliphatic carbocycles. The number of ether oxygens (including phenoxy) is 2. The van der Waals surface area contributed by atoms with Crippen LogP contribution in [0, 0.1) is 5.92 Å². The van der Waals surface area contributed by atoms with Crippen molar-refractivity contribution in [3.05, 3.63) is 24.5 Å². The maximum Gasteiger partial charge on any atom is 0.340 e. The van der Waals surface area contributed by atoms with Crippen molar-refractivity contribution >= 4 is 5.97 Å². The molecular weight excluding hydrogens is 200 g/mol. The molecule has 0 bridgehead atoms. The number of aliphatic hydroxyl groups excluding tert-OH is 1. The van der Waals surface area contributed by atoms with Gasteiger partial charge in [0.05, 0.1) is 18.8 Å². The topological polar surface area (TPSA) is 76.0 Å². The Balaban J connectivity index is 2.43. The van der Waals surface area contributed by atoms with Crippen LogP contribution < -0.4 is 0 Å². The van der Waals surface area contributed by atoms with E-state index < -0.39 is 23.8 Å². The predicted octanol–water partition coefficient (Wildman–Crippen LogP) is -0.301. The lowest BCUT2D eigenvalue weighted by molar-refractivity contribution is -0.179. The van der Waals surface area contributed by atoms with Crippen molar-refractivity contribution in [3.63, 3.8) is 0 Å². The third kappa shape index (κ3) is 1.35. The molecule has 2 aliphatic heterocycles. The van der Waals surface area contributed by atoms with Crippen LogP contribution in [0.25, 0.3) is 0 Å². The summed E-state index contributed by atoms with van der Waals surface area (Å²) in [6.45, 7) is 3.65. The summed E-state index contributed by atoms with van der Waals surface area (Å²) in [6, 6.07) is 0. The fourth-order valence-electron chi connectivity index (χ4n) is 1.95. The first-order chi connectivity index (χ1) is 7.09. The minimum absolute atomic E-state index is 0.0453. The van der Waals surface area contributed by atoms with E-state index in [1.54, 1.807) is 0 Å². The van der Waals surface area contributed by atoms with Gasteiger partial charge in [-0.2, -0.15) is 0 Å². The number of carbonyl (C=O) groups excluding carboxylic acids is 1. The predicted molar refractivity (Wildman–Crippen MR) is 49.4 cm³/mol. The molecule has 0 amide bonds. The van der Waals surface area contributed by atoms with Gasteiger partial charge in [-0.05, 0) is 0 Å². The average molecular weight is 212 g/mol. The average Bonchev–Trinajstić information content (AvgIpc) is 2.17.